The monoisotopic (exact) mass is 388 g/mol. The molecule has 0 unspecified atom stereocenters. The van der Waals surface area contributed by atoms with Crippen molar-refractivity contribution in [2.75, 3.05) is 19.7 Å². The van der Waals surface area contributed by atoms with Crippen LogP contribution >= 0.6 is 11.6 Å². The Morgan fingerprint density at radius 3 is 2.44 bits per heavy atom. The van der Waals surface area contributed by atoms with Gasteiger partial charge in [-0.05, 0) is 36.5 Å². The average molecular weight is 389 g/mol. The molecule has 0 bridgehead atoms. The predicted molar refractivity (Wildman–Crippen MR) is 92.6 cm³/mol. The van der Waals surface area contributed by atoms with E-state index < -0.39 is 28.5 Å². The van der Waals surface area contributed by atoms with Crippen molar-refractivity contribution in [3.63, 3.8) is 0 Å². The van der Waals surface area contributed by atoms with Crippen molar-refractivity contribution in [2.45, 2.75) is 25.2 Å². The zero-order chi connectivity index (χ0) is 18.8. The number of halogens is 1. The fraction of sp³-hybridized carbons (Fsp3) is 0.500. The molecule has 138 valence electrons. The normalized spacial score (nSPS) is 21.7. The summed E-state index contributed by atoms with van der Waals surface area (Å²) in [5.41, 5.74) is 4.80. The number of carbonyl (C=O) groups is 2. The topological polar surface area (TPSA) is 107 Å². The standard InChI is InChI=1S/C16H21ClN2O5S/c1-10-5-11(2)8-19(7-10)25(22,23)12-3-4-14(17)13(6-12)16(21)24-9-15(18)20/h3-4,6,10-11H,5,7-9H2,1-2H3,(H2,18,20)/t10-,11-/m1/s1. The van der Waals surface area contributed by atoms with Gasteiger partial charge in [0.1, 0.15) is 0 Å². The third kappa shape index (κ3) is 4.71. The highest BCUT2D eigenvalue weighted by atomic mass is 35.5. The fourth-order valence-electron chi connectivity index (χ4n) is 2.99. The first kappa shape index (κ1) is 19.7. The summed E-state index contributed by atoms with van der Waals surface area (Å²) in [7, 11) is -3.76. The second kappa shape index (κ2) is 7.72. The zero-order valence-corrected chi connectivity index (χ0v) is 15.6. The third-order valence-electron chi connectivity index (χ3n) is 3.98. The van der Waals surface area contributed by atoms with Crippen LogP contribution in [0.4, 0.5) is 0 Å². The van der Waals surface area contributed by atoms with Crippen molar-refractivity contribution in [1.82, 2.24) is 4.31 Å². The molecule has 1 aliphatic heterocycles. The molecule has 1 aromatic rings. The van der Waals surface area contributed by atoms with Crippen LogP contribution in [0.3, 0.4) is 0 Å². The summed E-state index contributed by atoms with van der Waals surface area (Å²) in [5, 5.41) is 0.0359. The number of nitrogens with zero attached hydrogens (tertiary/aromatic N) is 1. The maximum absolute atomic E-state index is 12.9. The molecule has 9 heteroatoms. The quantitative estimate of drug-likeness (QED) is 0.772. The molecule has 2 atom stereocenters. The first-order chi connectivity index (χ1) is 11.6. The summed E-state index contributed by atoms with van der Waals surface area (Å²) >= 11 is 5.96. The van der Waals surface area contributed by atoms with Crippen molar-refractivity contribution in [1.29, 1.82) is 0 Å². The largest absolute Gasteiger partial charge is 0.452 e. The van der Waals surface area contributed by atoms with Crippen molar-refractivity contribution >= 4 is 33.5 Å². The Labute approximate surface area is 152 Å². The fourth-order valence-corrected chi connectivity index (χ4v) is 4.89. The average Bonchev–Trinajstić information content (AvgIpc) is 2.51. The maximum Gasteiger partial charge on any atom is 0.340 e. The number of hydrogen-bond donors (Lipinski definition) is 1. The molecule has 25 heavy (non-hydrogen) atoms. The summed E-state index contributed by atoms with van der Waals surface area (Å²) in [6, 6.07) is 3.85. The van der Waals surface area contributed by atoms with E-state index in [1.165, 1.54) is 22.5 Å². The van der Waals surface area contributed by atoms with E-state index in [0.717, 1.165) is 6.42 Å². The van der Waals surface area contributed by atoms with Gasteiger partial charge in [-0.3, -0.25) is 4.79 Å². The molecule has 2 N–H and O–H groups in total. The lowest BCUT2D eigenvalue weighted by Gasteiger charge is -2.34. The highest BCUT2D eigenvalue weighted by Crippen LogP contribution is 2.28. The van der Waals surface area contributed by atoms with Crippen LogP contribution in [0.5, 0.6) is 0 Å². The van der Waals surface area contributed by atoms with Gasteiger partial charge in [0.25, 0.3) is 5.91 Å². The SMILES string of the molecule is C[C@@H]1C[C@@H](C)CN(S(=O)(=O)c2ccc(Cl)c(C(=O)OCC(N)=O)c2)C1. The van der Waals surface area contributed by atoms with Crippen LogP contribution in [0.2, 0.25) is 5.02 Å². The van der Waals surface area contributed by atoms with Crippen molar-refractivity contribution < 1.29 is 22.7 Å². The molecule has 1 heterocycles. The zero-order valence-electron chi connectivity index (χ0n) is 14.1. The number of primary amides is 1. The second-order valence-corrected chi connectivity index (χ2v) is 8.80. The number of piperidine rings is 1. The first-order valence-electron chi connectivity index (χ1n) is 7.86. The van der Waals surface area contributed by atoms with Gasteiger partial charge in [-0.15, -0.1) is 0 Å². The number of hydrogen-bond acceptors (Lipinski definition) is 5. The summed E-state index contributed by atoms with van der Waals surface area (Å²) in [4.78, 5) is 22.7. The molecule has 1 aromatic carbocycles. The number of carbonyl (C=O) groups excluding carboxylic acids is 2. The van der Waals surface area contributed by atoms with Gasteiger partial charge in [0.15, 0.2) is 6.61 Å². The van der Waals surface area contributed by atoms with Gasteiger partial charge in [-0.2, -0.15) is 4.31 Å². The number of esters is 1. The minimum absolute atomic E-state index is 0.0359. The number of benzene rings is 1. The molecule has 7 nitrogen and oxygen atoms in total. The van der Waals surface area contributed by atoms with E-state index in [0.29, 0.717) is 13.1 Å². The predicted octanol–water partition coefficient (Wildman–Crippen LogP) is 1.65. The molecule has 1 aliphatic rings. The van der Waals surface area contributed by atoms with Crippen molar-refractivity contribution in [3.05, 3.63) is 28.8 Å². The lowest BCUT2D eigenvalue weighted by atomic mass is 9.94. The molecule has 1 fully saturated rings. The van der Waals surface area contributed by atoms with Crippen molar-refractivity contribution in [2.24, 2.45) is 17.6 Å². The van der Waals surface area contributed by atoms with Gasteiger partial charge in [0.2, 0.25) is 10.0 Å². The van der Waals surface area contributed by atoms with Crippen LogP contribution in [-0.2, 0) is 19.6 Å². The van der Waals surface area contributed by atoms with Crippen LogP contribution in [0.25, 0.3) is 0 Å². The maximum atomic E-state index is 12.9. The Morgan fingerprint density at radius 1 is 1.28 bits per heavy atom. The van der Waals surface area contributed by atoms with Crippen LogP contribution in [0.15, 0.2) is 23.1 Å². The lowest BCUT2D eigenvalue weighted by molar-refractivity contribution is -0.121. The van der Waals surface area contributed by atoms with Gasteiger partial charge < -0.3 is 10.5 Å². The number of amides is 1. The van der Waals surface area contributed by atoms with E-state index in [2.05, 4.69) is 0 Å². The summed E-state index contributed by atoms with van der Waals surface area (Å²) in [6.45, 7) is 4.26. The van der Waals surface area contributed by atoms with Gasteiger partial charge in [-0.1, -0.05) is 25.4 Å². The van der Waals surface area contributed by atoms with Crippen LogP contribution in [0, 0.1) is 11.8 Å². The third-order valence-corrected chi connectivity index (χ3v) is 6.13. The summed E-state index contributed by atoms with van der Waals surface area (Å²) in [6.07, 6.45) is 0.970. The van der Waals surface area contributed by atoms with Crippen LogP contribution in [0.1, 0.15) is 30.6 Å². The highest BCUT2D eigenvalue weighted by Gasteiger charge is 2.32. The highest BCUT2D eigenvalue weighted by molar-refractivity contribution is 7.89. The van der Waals surface area contributed by atoms with Gasteiger partial charge in [0.05, 0.1) is 15.5 Å². The molecule has 0 saturated carbocycles. The van der Waals surface area contributed by atoms with E-state index in [1.807, 2.05) is 13.8 Å². The van der Waals surface area contributed by atoms with E-state index >= 15 is 0 Å². The summed E-state index contributed by atoms with van der Waals surface area (Å²) < 4.78 is 31.9. The smallest absolute Gasteiger partial charge is 0.340 e. The summed E-state index contributed by atoms with van der Waals surface area (Å²) in [5.74, 6) is -1.21. The molecule has 0 aliphatic carbocycles. The number of rotatable bonds is 5. The molecule has 0 aromatic heterocycles. The van der Waals surface area contributed by atoms with Crippen molar-refractivity contribution in [3.8, 4) is 0 Å². The van der Waals surface area contributed by atoms with Crippen LogP contribution in [-0.4, -0.2) is 44.3 Å². The molecule has 0 radical (unpaired) electrons. The van der Waals surface area contributed by atoms with E-state index in [9.17, 15) is 18.0 Å². The lowest BCUT2D eigenvalue weighted by Crippen LogP contribution is -2.42. The molecule has 1 saturated heterocycles. The minimum atomic E-state index is -3.76. The number of ether oxygens (including phenoxy) is 1. The van der Waals surface area contributed by atoms with E-state index in [1.54, 1.807) is 0 Å². The van der Waals surface area contributed by atoms with Gasteiger partial charge >= 0.3 is 5.97 Å². The van der Waals surface area contributed by atoms with E-state index in [-0.39, 0.29) is 27.3 Å². The Morgan fingerprint density at radius 2 is 1.88 bits per heavy atom. The molecule has 1 amide bonds. The van der Waals surface area contributed by atoms with Gasteiger partial charge in [0, 0.05) is 13.1 Å². The van der Waals surface area contributed by atoms with E-state index in [4.69, 9.17) is 22.1 Å². The molecular formula is C16H21ClN2O5S. The Hall–Kier alpha value is -1.64. The second-order valence-electron chi connectivity index (χ2n) is 6.45. The minimum Gasteiger partial charge on any atom is -0.452 e. The van der Waals surface area contributed by atoms with Gasteiger partial charge in [-0.25, -0.2) is 13.2 Å². The molecular weight excluding hydrogens is 368 g/mol. The number of nitrogens with two attached hydrogens (primary N) is 1. The van der Waals surface area contributed by atoms with Crippen LogP contribution < -0.4 is 5.73 Å². The molecule has 2 rings (SSSR count). The Balaban J connectivity index is 2.31. The Kier molecular flexibility index (Phi) is 6.08. The Bertz CT molecular complexity index is 771. The number of sulfonamides is 1. The first-order valence-corrected chi connectivity index (χ1v) is 9.68. The molecule has 0 spiro atoms.